The van der Waals surface area contributed by atoms with Crippen LogP contribution < -0.4 is 15.6 Å². The van der Waals surface area contributed by atoms with Gasteiger partial charge in [0.25, 0.3) is 11.8 Å². The summed E-state index contributed by atoms with van der Waals surface area (Å²) in [5.41, 5.74) is 7.44. The molecule has 0 spiro atoms. The average molecular weight is 633 g/mol. The molecule has 14 nitrogen and oxygen atoms in total. The molecule has 1 saturated heterocycles. The van der Waals surface area contributed by atoms with Gasteiger partial charge in [0.1, 0.15) is 27.1 Å². The van der Waals surface area contributed by atoms with Gasteiger partial charge < -0.3 is 31.1 Å². The van der Waals surface area contributed by atoms with E-state index in [1.807, 2.05) is 47.6 Å². The summed E-state index contributed by atoms with van der Waals surface area (Å²) in [6, 6.07) is 4.66. The maximum atomic E-state index is 13.2. The van der Waals surface area contributed by atoms with Gasteiger partial charge in [-0.05, 0) is 24.1 Å². The molecule has 42 heavy (non-hydrogen) atoms. The van der Waals surface area contributed by atoms with E-state index in [0.29, 0.717) is 11.3 Å². The van der Waals surface area contributed by atoms with E-state index in [4.69, 9.17) is 27.3 Å². The minimum atomic E-state index is -1.40. The van der Waals surface area contributed by atoms with Crippen molar-refractivity contribution in [2.45, 2.75) is 31.0 Å². The zero-order valence-corrected chi connectivity index (χ0v) is 24.1. The number of aromatic amines is 1. The maximum absolute atomic E-state index is 13.2. The zero-order valence-electron chi connectivity index (χ0n) is 21.7. The van der Waals surface area contributed by atoms with Crippen molar-refractivity contribution in [1.82, 2.24) is 20.2 Å². The van der Waals surface area contributed by atoms with Gasteiger partial charge in [0.15, 0.2) is 29.8 Å². The fourth-order valence-corrected chi connectivity index (χ4v) is 6.59. The van der Waals surface area contributed by atoms with Gasteiger partial charge in [0, 0.05) is 35.9 Å². The molecule has 218 valence electrons. The lowest BCUT2D eigenvalue weighted by Crippen LogP contribution is -2.71. The number of β-lactam (4-membered cyclic amide) rings is 1. The van der Waals surface area contributed by atoms with Crippen LogP contribution in [0.5, 0.6) is 0 Å². The minimum Gasteiger partial charge on any atom is -0.478 e. The van der Waals surface area contributed by atoms with Crippen LogP contribution in [-0.4, -0.2) is 77.8 Å². The van der Waals surface area contributed by atoms with Crippen LogP contribution in [0.3, 0.4) is 0 Å². The van der Waals surface area contributed by atoms with Crippen LogP contribution in [0, 0.1) is 0 Å². The monoisotopic (exact) mass is 632 g/mol. The molecule has 0 bridgehead atoms. The molecule has 3 aromatic rings. The number of oxime groups is 1. The quantitative estimate of drug-likeness (QED) is 0.0937. The highest BCUT2D eigenvalue weighted by molar-refractivity contribution is 8.00. The molecular formula is C25H23ClN7O7S2+. The number of hydrogen-bond donors (Lipinski definition) is 5. The van der Waals surface area contributed by atoms with E-state index in [1.165, 1.54) is 18.7 Å². The molecule has 2 aliphatic heterocycles. The lowest BCUT2D eigenvalue weighted by Gasteiger charge is -2.49. The Bertz CT molecular complexity index is 1620. The molecule has 5 heterocycles. The average Bonchev–Trinajstić information content (AvgIpc) is 3.61. The van der Waals surface area contributed by atoms with Crippen LogP contribution in [-0.2, 0) is 30.6 Å². The van der Waals surface area contributed by atoms with E-state index in [0.717, 1.165) is 27.4 Å². The lowest BCUT2D eigenvalue weighted by molar-refractivity contribution is -0.689. The number of nitrogens with one attached hydrogen (secondary N) is 2. The molecule has 2 amide bonds. The number of nitrogens with zero attached hydrogens (tertiary/aromatic N) is 4. The van der Waals surface area contributed by atoms with Gasteiger partial charge in [-0.1, -0.05) is 28.1 Å². The summed E-state index contributed by atoms with van der Waals surface area (Å²) in [4.78, 5) is 62.9. The second kappa shape index (κ2) is 11.8. The predicted octanol–water partition coefficient (Wildman–Crippen LogP) is 1.29. The van der Waals surface area contributed by atoms with Crippen molar-refractivity contribution < 1.29 is 38.8 Å². The number of thiazole rings is 1. The summed E-state index contributed by atoms with van der Waals surface area (Å²) in [5.74, 6) is -3.86. The van der Waals surface area contributed by atoms with Crippen LogP contribution >= 0.6 is 34.7 Å². The summed E-state index contributed by atoms with van der Waals surface area (Å²) in [7, 11) is 0. The third-order valence-electron chi connectivity index (χ3n) is 6.42. The van der Waals surface area contributed by atoms with E-state index in [-0.39, 0.29) is 27.4 Å². The second-order valence-corrected chi connectivity index (χ2v) is 11.9. The highest BCUT2D eigenvalue weighted by Gasteiger charge is 2.55. The highest BCUT2D eigenvalue weighted by atomic mass is 35.5. The number of anilines is 1. The molecule has 17 heteroatoms. The van der Waals surface area contributed by atoms with Gasteiger partial charge in [-0.15, -0.1) is 11.8 Å². The summed E-state index contributed by atoms with van der Waals surface area (Å²) in [6.45, 7) is 1.45. The number of carbonyl (C=O) groups excluding carboxylic acids is 2. The number of carbonyl (C=O) groups is 4. The van der Waals surface area contributed by atoms with Crippen LogP contribution in [0.2, 0.25) is 4.34 Å². The van der Waals surface area contributed by atoms with E-state index >= 15 is 0 Å². The van der Waals surface area contributed by atoms with E-state index in [2.05, 4.69) is 20.4 Å². The van der Waals surface area contributed by atoms with Crippen molar-refractivity contribution in [2.75, 3.05) is 11.5 Å². The zero-order chi connectivity index (χ0) is 30.1. The number of nitrogen functional groups attached to an aromatic ring is 1. The summed E-state index contributed by atoms with van der Waals surface area (Å²) in [6.07, 6.45) is 5.95. The van der Waals surface area contributed by atoms with Crippen molar-refractivity contribution in [2.24, 2.45) is 5.16 Å². The van der Waals surface area contributed by atoms with Crippen molar-refractivity contribution >= 4 is 69.3 Å². The molecule has 6 N–H and O–H groups in total. The van der Waals surface area contributed by atoms with Gasteiger partial charge in [0.05, 0.1) is 0 Å². The largest absolute Gasteiger partial charge is 0.478 e. The Kier molecular flexibility index (Phi) is 8.20. The number of aromatic nitrogens is 3. The normalized spacial score (nSPS) is 19.1. The van der Waals surface area contributed by atoms with Crippen molar-refractivity contribution in [3.63, 3.8) is 0 Å². The third-order valence-corrected chi connectivity index (χ3v) is 8.85. The number of amides is 2. The van der Waals surface area contributed by atoms with Crippen molar-refractivity contribution in [1.29, 1.82) is 0 Å². The Hall–Kier alpha value is -4.41. The first-order valence-corrected chi connectivity index (χ1v) is 14.5. The van der Waals surface area contributed by atoms with Gasteiger partial charge in [-0.3, -0.25) is 14.5 Å². The number of fused-ring (bicyclic) bond motifs is 1. The molecule has 0 radical (unpaired) electrons. The molecule has 0 saturated carbocycles. The maximum Gasteiger partial charge on any atom is 0.352 e. The minimum absolute atomic E-state index is 0.000882. The van der Waals surface area contributed by atoms with Gasteiger partial charge >= 0.3 is 11.9 Å². The van der Waals surface area contributed by atoms with Crippen LogP contribution in [0.15, 0.2) is 59.4 Å². The van der Waals surface area contributed by atoms with Gasteiger partial charge in [0.2, 0.25) is 6.10 Å². The number of thioether (sulfide) groups is 1. The van der Waals surface area contributed by atoms with Gasteiger partial charge in [-0.2, -0.15) is 0 Å². The Labute approximate surface area is 250 Å². The number of rotatable bonds is 10. The standard InChI is InChI=1S/C25H22ClN7O7S2/c1-11(23(36)37)40-31-16(15-19(26)42-25(27)30-15)20(34)29-17-21(35)33-18(24(38)39)14(10-41-22(17)33)9-32-6-3-12(4-7-32)13-2-5-28-8-13/h2-8,11,17,22H,9-10H2,1H3,(H5,27,29,30,34,36,37,38,39)/p+1/b31-16-/t11-,17+,22?/m0/s1. The number of aliphatic carboxylic acids is 2. The lowest BCUT2D eigenvalue weighted by atomic mass is 10.0. The number of hydrogen-bond acceptors (Lipinski definition) is 10. The molecule has 5 rings (SSSR count). The first-order valence-electron chi connectivity index (χ1n) is 12.3. The number of carboxylic acids is 2. The molecule has 0 aromatic carbocycles. The number of H-pyrrole nitrogens is 1. The number of halogens is 1. The molecular weight excluding hydrogens is 610 g/mol. The van der Waals surface area contributed by atoms with E-state index < -0.39 is 47.0 Å². The Balaban J connectivity index is 1.34. The summed E-state index contributed by atoms with van der Waals surface area (Å²) >= 11 is 8.31. The van der Waals surface area contributed by atoms with Crippen molar-refractivity contribution in [3.05, 3.63) is 64.3 Å². The number of nitrogens with two attached hydrogens (primary N) is 1. The topological polar surface area (TPSA) is 204 Å². The Morgan fingerprint density at radius 2 is 2.05 bits per heavy atom. The molecule has 3 aromatic heterocycles. The molecule has 2 aliphatic rings. The molecule has 1 unspecified atom stereocenters. The Morgan fingerprint density at radius 3 is 2.64 bits per heavy atom. The summed E-state index contributed by atoms with van der Waals surface area (Å²) < 4.78 is 1.82. The van der Waals surface area contributed by atoms with Crippen LogP contribution in [0.4, 0.5) is 5.13 Å². The van der Waals surface area contributed by atoms with Crippen molar-refractivity contribution in [3.8, 4) is 11.1 Å². The second-order valence-electron chi connectivity index (χ2n) is 9.18. The first-order chi connectivity index (χ1) is 20.0. The molecule has 0 aliphatic carbocycles. The number of carboxylic acid groups (broad SMARTS) is 2. The molecule has 1 fully saturated rings. The number of pyridine rings is 1. The highest BCUT2D eigenvalue weighted by Crippen LogP contribution is 2.40. The fourth-order valence-electron chi connectivity index (χ4n) is 4.33. The van der Waals surface area contributed by atoms with Crippen LogP contribution in [0.25, 0.3) is 11.1 Å². The molecule has 3 atom stereocenters. The smallest absolute Gasteiger partial charge is 0.352 e. The van der Waals surface area contributed by atoms with Crippen LogP contribution in [0.1, 0.15) is 12.6 Å². The predicted molar refractivity (Wildman–Crippen MR) is 152 cm³/mol. The summed E-state index contributed by atoms with van der Waals surface area (Å²) in [5, 5.41) is 24.6. The fraction of sp³-hybridized carbons (Fsp3) is 0.240. The van der Waals surface area contributed by atoms with E-state index in [1.54, 1.807) is 0 Å². The Morgan fingerprint density at radius 1 is 1.31 bits per heavy atom. The van der Waals surface area contributed by atoms with E-state index in [9.17, 15) is 24.3 Å². The van der Waals surface area contributed by atoms with Gasteiger partial charge in [-0.25, -0.2) is 19.1 Å². The third kappa shape index (κ3) is 5.68. The SMILES string of the molecule is C[C@H](O/N=C(\C(=O)N[C@@H]1C(=O)N2C(C(=O)O)=C(C[n+]3ccc(-c4cc[nH]c4)cc3)CSC12)c1nc(N)sc1Cl)C(=O)O. The first kappa shape index (κ1) is 29.1.